The Morgan fingerprint density at radius 1 is 0.975 bits per heavy atom. The number of aromatic nitrogens is 1. The van der Waals surface area contributed by atoms with Crippen LogP contribution in [0, 0.1) is 0 Å². The number of carbonyl (C=O) groups excluding carboxylic acids is 1. The number of nitrogens with zero attached hydrogens (tertiary/aromatic N) is 2. The van der Waals surface area contributed by atoms with Crippen molar-refractivity contribution in [1.29, 1.82) is 0 Å². The van der Waals surface area contributed by atoms with Gasteiger partial charge in [0.2, 0.25) is 0 Å². The molecule has 0 spiro atoms. The first kappa shape index (κ1) is 28.1. The molecular weight excluding hydrogens is 540 g/mol. The van der Waals surface area contributed by atoms with E-state index >= 15 is 0 Å². The number of hydrogen-bond donors (Lipinski definition) is 3. The largest absolute Gasteiger partial charge is 0.393 e. The van der Waals surface area contributed by atoms with E-state index in [0.29, 0.717) is 34.5 Å². The van der Waals surface area contributed by atoms with Crippen LogP contribution < -0.4 is 10.6 Å². The van der Waals surface area contributed by atoms with E-state index in [0.717, 1.165) is 30.5 Å². The van der Waals surface area contributed by atoms with E-state index in [9.17, 15) is 9.90 Å². The van der Waals surface area contributed by atoms with Crippen LogP contribution in [-0.2, 0) is 0 Å². The third kappa shape index (κ3) is 6.84. The summed E-state index contributed by atoms with van der Waals surface area (Å²) >= 11 is 7.84. The number of amides is 2. The Hall–Kier alpha value is -3.39. The van der Waals surface area contributed by atoms with Gasteiger partial charge in [0.15, 0.2) is 5.13 Å². The van der Waals surface area contributed by atoms with Crippen LogP contribution in [0.15, 0.2) is 84.9 Å². The Morgan fingerprint density at radius 3 is 2.15 bits per heavy atom. The first-order valence-electron chi connectivity index (χ1n) is 13.8. The molecule has 4 aromatic rings. The smallest absolute Gasteiger partial charge is 0.323 e. The van der Waals surface area contributed by atoms with Crippen LogP contribution in [0.3, 0.4) is 0 Å². The zero-order valence-corrected chi connectivity index (χ0v) is 24.2. The Morgan fingerprint density at radius 2 is 1.57 bits per heavy atom. The molecular formula is C32H35ClN4O2S. The highest BCUT2D eigenvalue weighted by Crippen LogP contribution is 2.36. The maximum atomic E-state index is 13.8. The van der Waals surface area contributed by atoms with Gasteiger partial charge in [-0.3, -0.25) is 5.32 Å². The molecule has 8 heteroatoms. The van der Waals surface area contributed by atoms with Crippen molar-refractivity contribution in [3.05, 3.63) is 100 Å². The predicted octanol–water partition coefficient (Wildman–Crippen LogP) is 7.86. The average Bonchev–Trinajstić information content (AvgIpc) is 3.36. The zero-order valence-electron chi connectivity index (χ0n) is 22.6. The molecule has 1 heterocycles. The highest BCUT2D eigenvalue weighted by atomic mass is 35.5. The molecule has 1 saturated carbocycles. The number of aliphatic hydroxyl groups is 1. The summed E-state index contributed by atoms with van der Waals surface area (Å²) in [4.78, 5) is 20.4. The summed E-state index contributed by atoms with van der Waals surface area (Å²) in [6.45, 7) is 0.582. The van der Waals surface area contributed by atoms with Crippen molar-refractivity contribution >= 4 is 39.8 Å². The normalized spacial score (nSPS) is 17.0. The fourth-order valence-corrected chi connectivity index (χ4v) is 6.55. The lowest BCUT2D eigenvalue weighted by atomic mass is 9.87. The van der Waals surface area contributed by atoms with Crippen LogP contribution in [-0.4, -0.2) is 46.8 Å². The molecule has 3 aromatic carbocycles. The topological polar surface area (TPSA) is 77.5 Å². The minimum Gasteiger partial charge on any atom is -0.393 e. The predicted molar refractivity (Wildman–Crippen MR) is 165 cm³/mol. The molecule has 3 N–H and O–H groups in total. The highest BCUT2D eigenvalue weighted by Gasteiger charge is 2.30. The van der Waals surface area contributed by atoms with Gasteiger partial charge < -0.3 is 15.3 Å². The third-order valence-corrected chi connectivity index (χ3v) is 8.85. The van der Waals surface area contributed by atoms with Gasteiger partial charge in [0.1, 0.15) is 10.0 Å². The molecule has 0 unspecified atom stereocenters. The van der Waals surface area contributed by atoms with Crippen molar-refractivity contribution in [2.75, 3.05) is 24.2 Å². The van der Waals surface area contributed by atoms with Crippen molar-refractivity contribution in [3.63, 3.8) is 0 Å². The summed E-state index contributed by atoms with van der Waals surface area (Å²) in [6.07, 6.45) is 3.44. The SMILES string of the molecule is CNc1ccc(-c2nc(NC(=O)N(CCC(c3ccccc3)c3ccccc3)C3CCC(O)CC3)sc2Cl)cc1. The van der Waals surface area contributed by atoms with E-state index in [4.69, 9.17) is 11.6 Å². The van der Waals surface area contributed by atoms with Crippen molar-refractivity contribution in [3.8, 4) is 11.3 Å². The third-order valence-electron chi connectivity index (χ3n) is 7.68. The summed E-state index contributed by atoms with van der Waals surface area (Å²) in [6, 6.07) is 28.7. The van der Waals surface area contributed by atoms with Gasteiger partial charge >= 0.3 is 6.03 Å². The molecule has 0 aliphatic heterocycles. The minimum atomic E-state index is -0.294. The van der Waals surface area contributed by atoms with Gasteiger partial charge in [0, 0.05) is 36.8 Å². The van der Waals surface area contributed by atoms with Crippen LogP contribution in [0.1, 0.15) is 49.1 Å². The van der Waals surface area contributed by atoms with E-state index in [2.05, 4.69) is 64.1 Å². The van der Waals surface area contributed by atoms with Gasteiger partial charge in [0.25, 0.3) is 0 Å². The first-order valence-corrected chi connectivity index (χ1v) is 15.0. The van der Waals surface area contributed by atoms with Gasteiger partial charge in [-0.05, 0) is 55.4 Å². The number of carbonyl (C=O) groups is 1. The summed E-state index contributed by atoms with van der Waals surface area (Å²) in [5.41, 5.74) is 5.02. The number of rotatable bonds is 9. The Labute approximate surface area is 245 Å². The lowest BCUT2D eigenvalue weighted by molar-refractivity contribution is 0.0864. The molecule has 5 rings (SSSR count). The number of aliphatic hydroxyl groups excluding tert-OH is 1. The molecule has 1 aliphatic rings. The Kier molecular flexibility index (Phi) is 9.37. The molecule has 0 atom stereocenters. The maximum Gasteiger partial charge on any atom is 0.323 e. The number of urea groups is 1. The molecule has 1 fully saturated rings. The second-order valence-electron chi connectivity index (χ2n) is 10.2. The molecule has 208 valence electrons. The van der Waals surface area contributed by atoms with E-state index < -0.39 is 0 Å². The molecule has 0 bridgehead atoms. The van der Waals surface area contributed by atoms with E-state index in [1.807, 2.05) is 48.3 Å². The van der Waals surface area contributed by atoms with E-state index in [1.165, 1.54) is 22.5 Å². The lowest BCUT2D eigenvalue weighted by Crippen LogP contribution is -2.46. The number of hydrogen-bond acceptors (Lipinski definition) is 5. The number of thiazole rings is 1. The van der Waals surface area contributed by atoms with Gasteiger partial charge in [-0.25, -0.2) is 9.78 Å². The van der Waals surface area contributed by atoms with Crippen LogP contribution in [0.5, 0.6) is 0 Å². The molecule has 6 nitrogen and oxygen atoms in total. The molecule has 40 heavy (non-hydrogen) atoms. The summed E-state index contributed by atoms with van der Waals surface area (Å²) < 4.78 is 0.535. The second kappa shape index (κ2) is 13.3. The molecule has 0 saturated heterocycles. The van der Waals surface area contributed by atoms with Crippen molar-refractivity contribution < 1.29 is 9.90 Å². The van der Waals surface area contributed by atoms with E-state index in [1.54, 1.807) is 0 Å². The fourth-order valence-electron chi connectivity index (χ4n) is 5.48. The minimum absolute atomic E-state index is 0.0552. The van der Waals surface area contributed by atoms with E-state index in [-0.39, 0.29) is 24.1 Å². The van der Waals surface area contributed by atoms with Gasteiger partial charge in [-0.1, -0.05) is 95.7 Å². The van der Waals surface area contributed by atoms with Crippen LogP contribution >= 0.6 is 22.9 Å². The summed E-state index contributed by atoms with van der Waals surface area (Å²) in [5.74, 6) is 0.161. The summed E-state index contributed by atoms with van der Waals surface area (Å²) in [7, 11) is 1.87. The van der Waals surface area contributed by atoms with Crippen molar-refractivity contribution in [2.24, 2.45) is 0 Å². The van der Waals surface area contributed by atoms with Gasteiger partial charge in [-0.2, -0.15) is 0 Å². The second-order valence-corrected chi connectivity index (χ2v) is 11.8. The van der Waals surface area contributed by atoms with Crippen LogP contribution in [0.25, 0.3) is 11.3 Å². The quantitative estimate of drug-likeness (QED) is 0.190. The monoisotopic (exact) mass is 574 g/mol. The average molecular weight is 575 g/mol. The molecule has 1 aliphatic carbocycles. The van der Waals surface area contributed by atoms with Gasteiger partial charge in [-0.15, -0.1) is 0 Å². The van der Waals surface area contributed by atoms with Crippen molar-refractivity contribution in [2.45, 2.75) is 50.2 Å². The number of anilines is 2. The fraction of sp³-hybridized carbons (Fsp3) is 0.312. The number of benzene rings is 3. The van der Waals surface area contributed by atoms with Crippen LogP contribution in [0.2, 0.25) is 4.34 Å². The van der Waals surface area contributed by atoms with Gasteiger partial charge in [0.05, 0.1) is 6.10 Å². The summed E-state index contributed by atoms with van der Waals surface area (Å²) in [5, 5.41) is 16.8. The maximum absolute atomic E-state index is 13.8. The first-order chi connectivity index (χ1) is 19.5. The number of halogens is 1. The number of nitrogens with one attached hydrogen (secondary N) is 2. The Bertz CT molecular complexity index is 1330. The lowest BCUT2D eigenvalue weighted by Gasteiger charge is -2.36. The van der Waals surface area contributed by atoms with Crippen molar-refractivity contribution in [1.82, 2.24) is 9.88 Å². The standard InChI is InChI=1S/C32H35ClN4O2S/c1-34-25-14-12-24(13-15-25)29-30(33)40-31(35-29)36-32(39)37(26-16-18-27(38)19-17-26)21-20-28(22-8-4-2-5-9-22)23-10-6-3-7-11-23/h2-15,26-28,34,38H,16-21H2,1H3,(H,35,36,39). The highest BCUT2D eigenvalue weighted by molar-refractivity contribution is 7.20. The molecule has 1 aromatic heterocycles. The molecule has 0 radical (unpaired) electrons. The van der Waals surface area contributed by atoms with Crippen LogP contribution in [0.4, 0.5) is 15.6 Å². The Balaban J connectivity index is 1.36. The zero-order chi connectivity index (χ0) is 27.9. The molecule has 2 amide bonds.